The molecule has 1 aliphatic heterocycles. The Labute approximate surface area is 137 Å². The number of likely N-dealkylation sites (tertiary alicyclic amines) is 1. The lowest BCUT2D eigenvalue weighted by Crippen LogP contribution is -2.32. The molecule has 5 nitrogen and oxygen atoms in total. The lowest BCUT2D eigenvalue weighted by Gasteiger charge is -2.31. The van der Waals surface area contributed by atoms with Gasteiger partial charge >= 0.3 is 0 Å². The Balaban J connectivity index is 1.57. The molecule has 0 radical (unpaired) electrons. The second kappa shape index (κ2) is 6.76. The molecule has 1 aliphatic rings. The van der Waals surface area contributed by atoms with Crippen molar-refractivity contribution in [3.8, 4) is 0 Å². The van der Waals surface area contributed by atoms with Crippen LogP contribution in [0.1, 0.15) is 30.1 Å². The van der Waals surface area contributed by atoms with Gasteiger partial charge in [0.15, 0.2) is 9.84 Å². The van der Waals surface area contributed by atoms with Crippen LogP contribution in [-0.4, -0.2) is 42.6 Å². The summed E-state index contributed by atoms with van der Waals surface area (Å²) in [5.74, 6) is 1.39. The highest BCUT2D eigenvalue weighted by molar-refractivity contribution is 7.90. The molecule has 0 unspecified atom stereocenters. The summed E-state index contributed by atoms with van der Waals surface area (Å²) in [6.07, 6.45) is 6.96. The van der Waals surface area contributed by atoms with Gasteiger partial charge in [-0.25, -0.2) is 18.4 Å². The Hall–Kier alpha value is -1.79. The molecule has 23 heavy (non-hydrogen) atoms. The summed E-state index contributed by atoms with van der Waals surface area (Å²) in [5, 5.41) is 0. The van der Waals surface area contributed by atoms with Crippen LogP contribution < -0.4 is 0 Å². The summed E-state index contributed by atoms with van der Waals surface area (Å²) in [6, 6.07) is 9.04. The molecule has 122 valence electrons. The topological polar surface area (TPSA) is 63.2 Å². The van der Waals surface area contributed by atoms with Gasteiger partial charge in [0.2, 0.25) is 0 Å². The van der Waals surface area contributed by atoms with E-state index in [0.717, 1.165) is 43.9 Å². The van der Waals surface area contributed by atoms with E-state index in [-0.39, 0.29) is 0 Å². The zero-order valence-corrected chi connectivity index (χ0v) is 14.0. The summed E-state index contributed by atoms with van der Waals surface area (Å²) in [4.78, 5) is 11.5. The molecular formula is C17H21N3O2S. The summed E-state index contributed by atoms with van der Waals surface area (Å²) < 4.78 is 23.0. The molecule has 1 aromatic heterocycles. The number of rotatable bonds is 4. The standard InChI is InChI=1S/C17H21N3O2S/c1-23(21,22)16-5-3-14(4-6-16)13-20-11-7-15(8-12-20)17-18-9-2-10-19-17/h2-6,9-10,15H,7-8,11-13H2,1H3. The van der Waals surface area contributed by atoms with Crippen LogP contribution in [0.2, 0.25) is 0 Å². The number of hydrogen-bond acceptors (Lipinski definition) is 5. The van der Waals surface area contributed by atoms with Gasteiger partial charge in [-0.2, -0.15) is 0 Å². The summed E-state index contributed by atoms with van der Waals surface area (Å²) >= 11 is 0. The monoisotopic (exact) mass is 331 g/mol. The zero-order valence-electron chi connectivity index (χ0n) is 13.2. The van der Waals surface area contributed by atoms with Crippen molar-refractivity contribution in [2.24, 2.45) is 0 Å². The van der Waals surface area contributed by atoms with Gasteiger partial charge in [-0.3, -0.25) is 4.90 Å². The predicted molar refractivity (Wildman–Crippen MR) is 88.8 cm³/mol. The van der Waals surface area contributed by atoms with Gasteiger partial charge < -0.3 is 0 Å². The van der Waals surface area contributed by atoms with Crippen molar-refractivity contribution in [2.75, 3.05) is 19.3 Å². The predicted octanol–water partition coefficient (Wildman–Crippen LogP) is 2.26. The first-order chi connectivity index (χ1) is 11.0. The highest BCUT2D eigenvalue weighted by Crippen LogP contribution is 2.26. The highest BCUT2D eigenvalue weighted by atomic mass is 32.2. The number of hydrogen-bond donors (Lipinski definition) is 0. The van der Waals surface area contributed by atoms with Crippen LogP contribution in [0, 0.1) is 0 Å². The fourth-order valence-corrected chi connectivity index (χ4v) is 3.60. The summed E-state index contributed by atoms with van der Waals surface area (Å²) in [7, 11) is -3.12. The van der Waals surface area contributed by atoms with Gasteiger partial charge in [0.05, 0.1) is 4.90 Å². The smallest absolute Gasteiger partial charge is 0.175 e. The number of benzene rings is 1. The van der Waals surface area contributed by atoms with E-state index in [1.165, 1.54) is 6.26 Å². The van der Waals surface area contributed by atoms with E-state index in [9.17, 15) is 8.42 Å². The molecule has 2 heterocycles. The molecule has 0 amide bonds. The average molecular weight is 331 g/mol. The Morgan fingerprint density at radius 1 is 1.09 bits per heavy atom. The molecular weight excluding hydrogens is 310 g/mol. The molecule has 0 saturated carbocycles. The molecule has 0 aliphatic carbocycles. The van der Waals surface area contributed by atoms with Crippen LogP contribution in [0.3, 0.4) is 0 Å². The van der Waals surface area contributed by atoms with Crippen molar-refractivity contribution in [2.45, 2.75) is 30.2 Å². The van der Waals surface area contributed by atoms with Gasteiger partial charge in [-0.15, -0.1) is 0 Å². The molecule has 2 aromatic rings. The summed E-state index contributed by atoms with van der Waals surface area (Å²) in [5.41, 5.74) is 1.15. The minimum Gasteiger partial charge on any atom is -0.299 e. The fraction of sp³-hybridized carbons (Fsp3) is 0.412. The first-order valence-electron chi connectivity index (χ1n) is 7.80. The third-order valence-electron chi connectivity index (χ3n) is 4.30. The number of aromatic nitrogens is 2. The van der Waals surface area contributed by atoms with Gasteiger partial charge in [-0.1, -0.05) is 12.1 Å². The van der Waals surface area contributed by atoms with E-state index in [0.29, 0.717) is 10.8 Å². The van der Waals surface area contributed by atoms with Crippen molar-refractivity contribution in [3.05, 3.63) is 54.1 Å². The number of sulfone groups is 1. The maximum atomic E-state index is 11.5. The Morgan fingerprint density at radius 3 is 2.26 bits per heavy atom. The normalized spacial score (nSPS) is 17.3. The Bertz CT molecular complexity index is 737. The lowest BCUT2D eigenvalue weighted by atomic mass is 9.95. The van der Waals surface area contributed by atoms with Crippen molar-refractivity contribution in [1.82, 2.24) is 14.9 Å². The van der Waals surface area contributed by atoms with E-state index in [1.54, 1.807) is 24.5 Å². The van der Waals surface area contributed by atoms with E-state index in [1.807, 2.05) is 18.2 Å². The van der Waals surface area contributed by atoms with Gasteiger partial charge in [-0.05, 0) is 49.7 Å². The number of piperidine rings is 1. The molecule has 6 heteroatoms. The molecule has 1 fully saturated rings. The second-order valence-corrected chi connectivity index (χ2v) is 8.09. The minimum atomic E-state index is -3.12. The Kier molecular flexibility index (Phi) is 4.73. The van der Waals surface area contributed by atoms with E-state index in [4.69, 9.17) is 0 Å². The van der Waals surface area contributed by atoms with Crippen LogP contribution in [-0.2, 0) is 16.4 Å². The van der Waals surface area contributed by atoms with Crippen molar-refractivity contribution >= 4 is 9.84 Å². The van der Waals surface area contributed by atoms with Gasteiger partial charge in [0.1, 0.15) is 5.82 Å². The van der Waals surface area contributed by atoms with Gasteiger partial charge in [0, 0.05) is 31.1 Å². The van der Waals surface area contributed by atoms with Crippen LogP contribution in [0.4, 0.5) is 0 Å². The van der Waals surface area contributed by atoms with Crippen LogP contribution in [0.15, 0.2) is 47.6 Å². The van der Waals surface area contributed by atoms with E-state index in [2.05, 4.69) is 14.9 Å². The van der Waals surface area contributed by atoms with E-state index < -0.39 is 9.84 Å². The van der Waals surface area contributed by atoms with Gasteiger partial charge in [0.25, 0.3) is 0 Å². The largest absolute Gasteiger partial charge is 0.299 e. The molecule has 0 N–H and O–H groups in total. The first kappa shape index (κ1) is 16.1. The van der Waals surface area contributed by atoms with Crippen molar-refractivity contribution in [1.29, 1.82) is 0 Å². The minimum absolute atomic E-state index is 0.376. The first-order valence-corrected chi connectivity index (χ1v) is 9.70. The zero-order chi connectivity index (χ0) is 16.3. The van der Waals surface area contributed by atoms with E-state index >= 15 is 0 Å². The number of nitrogens with zero attached hydrogens (tertiary/aromatic N) is 3. The molecule has 3 rings (SSSR count). The fourth-order valence-electron chi connectivity index (χ4n) is 2.97. The highest BCUT2D eigenvalue weighted by Gasteiger charge is 2.22. The molecule has 0 atom stereocenters. The van der Waals surface area contributed by atoms with Crippen LogP contribution >= 0.6 is 0 Å². The third kappa shape index (κ3) is 4.14. The third-order valence-corrected chi connectivity index (χ3v) is 5.42. The van der Waals surface area contributed by atoms with Crippen molar-refractivity contribution < 1.29 is 8.42 Å². The van der Waals surface area contributed by atoms with Crippen LogP contribution in [0.5, 0.6) is 0 Å². The SMILES string of the molecule is CS(=O)(=O)c1ccc(CN2CCC(c3ncccn3)CC2)cc1. The lowest BCUT2D eigenvalue weighted by molar-refractivity contribution is 0.201. The molecule has 0 bridgehead atoms. The average Bonchev–Trinajstić information content (AvgIpc) is 2.56. The quantitative estimate of drug-likeness (QED) is 0.860. The maximum Gasteiger partial charge on any atom is 0.175 e. The summed E-state index contributed by atoms with van der Waals surface area (Å²) in [6.45, 7) is 2.87. The molecule has 0 spiro atoms. The molecule has 1 saturated heterocycles. The second-order valence-electron chi connectivity index (χ2n) is 6.07. The van der Waals surface area contributed by atoms with Crippen molar-refractivity contribution in [3.63, 3.8) is 0 Å². The maximum absolute atomic E-state index is 11.5. The van der Waals surface area contributed by atoms with Crippen LogP contribution in [0.25, 0.3) is 0 Å². The molecule has 1 aromatic carbocycles. The Morgan fingerprint density at radius 2 is 1.70 bits per heavy atom.